The topological polar surface area (TPSA) is 149 Å². The molecule has 0 aliphatic carbocycles. The maximum atomic E-state index is 13.8. The molecule has 0 spiro atoms. The van der Waals surface area contributed by atoms with Crippen molar-refractivity contribution in [2.75, 3.05) is 25.0 Å². The van der Waals surface area contributed by atoms with Crippen molar-refractivity contribution in [3.63, 3.8) is 0 Å². The third-order valence-electron chi connectivity index (χ3n) is 8.94. The molecule has 12 heteroatoms. The first-order valence-corrected chi connectivity index (χ1v) is 17.6. The summed E-state index contributed by atoms with van der Waals surface area (Å²) in [6.45, 7) is 10.7. The number of amides is 5. The average molecular weight is 696 g/mol. The van der Waals surface area contributed by atoms with Gasteiger partial charge in [0.1, 0.15) is 17.7 Å². The van der Waals surface area contributed by atoms with E-state index in [0.29, 0.717) is 56.1 Å². The molecule has 11 nitrogen and oxygen atoms in total. The Kier molecular flexibility index (Phi) is 13.2. The van der Waals surface area contributed by atoms with E-state index in [-0.39, 0.29) is 41.9 Å². The molecule has 0 unspecified atom stereocenters. The lowest BCUT2D eigenvalue weighted by Crippen LogP contribution is -2.58. The predicted molar refractivity (Wildman–Crippen MR) is 189 cm³/mol. The second kappa shape index (κ2) is 17.1. The summed E-state index contributed by atoms with van der Waals surface area (Å²) in [5.41, 5.74) is 0.557. The van der Waals surface area contributed by atoms with Crippen molar-refractivity contribution in [2.45, 2.75) is 90.4 Å². The van der Waals surface area contributed by atoms with Crippen molar-refractivity contribution >= 4 is 46.8 Å². The Balaban J connectivity index is 1.40. The van der Waals surface area contributed by atoms with Gasteiger partial charge in [0, 0.05) is 36.1 Å². The summed E-state index contributed by atoms with van der Waals surface area (Å²) < 4.78 is 5.39. The van der Waals surface area contributed by atoms with Crippen molar-refractivity contribution < 1.29 is 28.7 Å². The highest BCUT2D eigenvalue weighted by atomic mass is 35.5. The molecule has 4 atom stereocenters. The number of hydrogen-bond donors (Lipinski definition) is 4. The molecule has 2 aliphatic rings. The number of anilines is 1. The molecule has 2 aromatic rings. The summed E-state index contributed by atoms with van der Waals surface area (Å²) in [6.07, 6.45) is 1.90. The zero-order chi connectivity index (χ0) is 35.7. The van der Waals surface area contributed by atoms with Gasteiger partial charge in [0.25, 0.3) is 0 Å². The van der Waals surface area contributed by atoms with Crippen molar-refractivity contribution in [3.05, 3.63) is 65.2 Å². The van der Waals surface area contributed by atoms with Crippen LogP contribution in [0.5, 0.6) is 0 Å². The van der Waals surface area contributed by atoms with Gasteiger partial charge >= 0.3 is 6.03 Å². The summed E-state index contributed by atoms with van der Waals surface area (Å²) in [7, 11) is 0. The zero-order valence-corrected chi connectivity index (χ0v) is 29.8. The Morgan fingerprint density at radius 1 is 0.816 bits per heavy atom. The van der Waals surface area contributed by atoms with Gasteiger partial charge in [-0.3, -0.25) is 19.2 Å². The minimum absolute atomic E-state index is 0.0724. The van der Waals surface area contributed by atoms with Crippen molar-refractivity contribution in [1.82, 2.24) is 20.9 Å². The molecule has 2 heterocycles. The molecule has 0 aromatic heterocycles. The molecule has 5 amide bonds. The van der Waals surface area contributed by atoms with Crippen LogP contribution in [0, 0.1) is 17.8 Å². The first-order chi connectivity index (χ1) is 23.2. The molecule has 0 radical (unpaired) electrons. The maximum Gasteiger partial charge on any atom is 0.321 e. The number of epoxide rings is 1. The second-order valence-corrected chi connectivity index (χ2v) is 14.7. The Morgan fingerprint density at radius 2 is 1.37 bits per heavy atom. The van der Waals surface area contributed by atoms with Crippen LogP contribution < -0.4 is 21.3 Å². The molecule has 2 fully saturated rings. The summed E-state index contributed by atoms with van der Waals surface area (Å²) in [5.74, 6) is -1.56. The van der Waals surface area contributed by atoms with Crippen LogP contribution in [0.3, 0.4) is 0 Å². The first-order valence-electron chi connectivity index (χ1n) is 17.2. The third kappa shape index (κ3) is 11.3. The van der Waals surface area contributed by atoms with E-state index in [1.54, 1.807) is 36.1 Å². The van der Waals surface area contributed by atoms with Gasteiger partial charge in [0.2, 0.25) is 17.7 Å². The van der Waals surface area contributed by atoms with Crippen LogP contribution in [-0.4, -0.2) is 77.9 Å². The molecule has 0 saturated carbocycles. The van der Waals surface area contributed by atoms with Gasteiger partial charge < -0.3 is 30.9 Å². The van der Waals surface area contributed by atoms with Gasteiger partial charge in [-0.25, -0.2) is 4.79 Å². The Labute approximate surface area is 294 Å². The number of likely N-dealkylation sites (tertiary alicyclic amines) is 1. The lowest BCUT2D eigenvalue weighted by molar-refractivity contribution is -0.135. The van der Waals surface area contributed by atoms with Crippen LogP contribution in [0.15, 0.2) is 54.6 Å². The molecule has 4 N–H and O–H groups in total. The summed E-state index contributed by atoms with van der Waals surface area (Å²) >= 11 is 5.94. The Bertz CT molecular complexity index is 1460. The maximum absolute atomic E-state index is 13.8. The van der Waals surface area contributed by atoms with E-state index in [9.17, 15) is 24.0 Å². The summed E-state index contributed by atoms with van der Waals surface area (Å²) in [4.78, 5) is 68.8. The lowest BCUT2D eigenvalue weighted by atomic mass is 9.93. The molecular formula is C37H50ClN5O6. The van der Waals surface area contributed by atoms with Crippen molar-refractivity contribution in [3.8, 4) is 0 Å². The molecular weight excluding hydrogens is 646 g/mol. The lowest BCUT2D eigenvalue weighted by Gasteiger charge is -2.32. The number of piperidine rings is 1. The highest BCUT2D eigenvalue weighted by Gasteiger charge is 2.50. The summed E-state index contributed by atoms with van der Waals surface area (Å²) in [6, 6.07) is 13.3. The van der Waals surface area contributed by atoms with Crippen LogP contribution >= 0.6 is 11.6 Å². The smallest absolute Gasteiger partial charge is 0.321 e. The van der Waals surface area contributed by atoms with Crippen LogP contribution in [0.25, 0.3) is 0 Å². The van der Waals surface area contributed by atoms with E-state index in [1.165, 1.54) is 0 Å². The molecule has 2 aromatic carbocycles. The van der Waals surface area contributed by atoms with E-state index in [1.807, 2.05) is 58.0 Å². The Morgan fingerprint density at radius 3 is 1.94 bits per heavy atom. The first kappa shape index (κ1) is 37.9. The minimum Gasteiger partial charge on any atom is -0.361 e. The number of urea groups is 1. The van der Waals surface area contributed by atoms with Gasteiger partial charge in [0.05, 0.1) is 12.6 Å². The van der Waals surface area contributed by atoms with Crippen molar-refractivity contribution in [2.24, 2.45) is 17.8 Å². The van der Waals surface area contributed by atoms with Gasteiger partial charge in [-0.1, -0.05) is 69.6 Å². The SMILES string of the molecule is CC(C)C[C@H](NC(=O)C1CCN(C(=O)Nc2ccc(Cl)cc2)CC1)C(=O)N[C@@H](Cc1ccccc1)C(=O)N[C@@H](CC(C)C)C(=O)[C@@]1(C)CO1. The number of carbonyl (C=O) groups excluding carboxylic acids is 5. The number of ketones is 1. The van der Waals surface area contributed by atoms with Crippen LogP contribution in [0.4, 0.5) is 10.5 Å². The molecule has 2 aliphatic heterocycles. The fraction of sp³-hybridized carbons (Fsp3) is 0.541. The normalized spacial score (nSPS) is 19.5. The number of Topliss-reactive ketones (excluding diaryl/α,β-unsaturated/α-hetero) is 1. The molecule has 2 saturated heterocycles. The predicted octanol–water partition coefficient (Wildman–Crippen LogP) is 4.73. The highest BCUT2D eigenvalue weighted by Crippen LogP contribution is 2.30. The highest BCUT2D eigenvalue weighted by molar-refractivity contribution is 6.30. The van der Waals surface area contributed by atoms with Crippen molar-refractivity contribution in [1.29, 1.82) is 0 Å². The van der Waals surface area contributed by atoms with E-state index in [2.05, 4.69) is 21.3 Å². The molecule has 49 heavy (non-hydrogen) atoms. The number of nitrogens with zero attached hydrogens (tertiary/aromatic N) is 1. The number of rotatable bonds is 15. The Hall–Kier alpha value is -3.96. The quantitative estimate of drug-likeness (QED) is 0.198. The number of nitrogens with one attached hydrogen (secondary N) is 4. The van der Waals surface area contributed by atoms with E-state index >= 15 is 0 Å². The minimum atomic E-state index is -0.987. The number of ether oxygens (including phenoxy) is 1. The number of halogens is 1. The van der Waals surface area contributed by atoms with Gasteiger partial charge in [-0.2, -0.15) is 0 Å². The fourth-order valence-electron chi connectivity index (χ4n) is 6.00. The van der Waals surface area contributed by atoms with Gasteiger partial charge in [-0.05, 0) is 74.3 Å². The standard InChI is InChI=1S/C37H50ClN5O6/c1-23(2)19-29(32(44)37(5)22-49-37)40-35(47)31(21-25-9-7-6-8-10-25)42-34(46)30(20-24(3)4)41-33(45)26-15-17-43(18-16-26)36(48)39-28-13-11-27(38)12-14-28/h6-14,23-24,26,29-31H,15-22H2,1-5H3,(H,39,48)(H,40,47)(H,41,45)(H,42,46)/t29-,30-,31-,37+/m0/s1. The van der Waals surface area contributed by atoms with Crippen LogP contribution in [0.2, 0.25) is 5.02 Å². The largest absolute Gasteiger partial charge is 0.361 e. The molecule has 4 rings (SSSR count). The second-order valence-electron chi connectivity index (χ2n) is 14.2. The van der Waals surface area contributed by atoms with E-state index in [0.717, 1.165) is 5.56 Å². The summed E-state index contributed by atoms with van der Waals surface area (Å²) in [5, 5.41) is 12.2. The number of hydrogen-bond acceptors (Lipinski definition) is 6. The van der Waals surface area contributed by atoms with Gasteiger partial charge in [0.15, 0.2) is 5.78 Å². The molecule has 266 valence electrons. The monoisotopic (exact) mass is 695 g/mol. The van der Waals surface area contributed by atoms with Crippen LogP contribution in [-0.2, 0) is 30.3 Å². The number of carbonyl (C=O) groups is 5. The van der Waals surface area contributed by atoms with E-state index < -0.39 is 35.5 Å². The van der Waals surface area contributed by atoms with E-state index in [4.69, 9.17) is 16.3 Å². The average Bonchev–Trinajstić information content (AvgIpc) is 3.82. The third-order valence-corrected chi connectivity index (χ3v) is 9.19. The fourth-order valence-corrected chi connectivity index (χ4v) is 6.12. The zero-order valence-electron chi connectivity index (χ0n) is 29.1. The number of benzene rings is 2. The van der Waals surface area contributed by atoms with Gasteiger partial charge in [-0.15, -0.1) is 0 Å². The van der Waals surface area contributed by atoms with Crippen LogP contribution in [0.1, 0.15) is 65.9 Å². The molecule has 0 bridgehead atoms.